The molecular weight excluding hydrogens is 216 g/mol. The van der Waals surface area contributed by atoms with Crippen molar-refractivity contribution in [3.63, 3.8) is 0 Å². The van der Waals surface area contributed by atoms with Crippen LogP contribution in [0, 0.1) is 6.92 Å². The molecule has 5 nitrogen and oxygen atoms in total. The maximum atomic E-state index is 5.59. The number of benzene rings is 1. The number of rotatable bonds is 3. The third kappa shape index (κ3) is 2.69. The van der Waals surface area contributed by atoms with Gasteiger partial charge in [0, 0.05) is 5.56 Å². The molecule has 0 aliphatic rings. The molecule has 0 bridgehead atoms. The van der Waals surface area contributed by atoms with Crippen molar-refractivity contribution < 1.29 is 4.74 Å². The first-order chi connectivity index (χ1) is 8.19. The van der Waals surface area contributed by atoms with Crippen molar-refractivity contribution in [3.8, 4) is 17.1 Å². The summed E-state index contributed by atoms with van der Waals surface area (Å²) in [4.78, 5) is 12.3. The molecule has 0 aliphatic heterocycles. The van der Waals surface area contributed by atoms with Crippen molar-refractivity contribution in [2.75, 3.05) is 12.3 Å². The molecule has 17 heavy (non-hydrogen) atoms. The summed E-state index contributed by atoms with van der Waals surface area (Å²) < 4.78 is 5.37. The third-order valence-electron chi connectivity index (χ3n) is 2.19. The molecule has 0 fully saturated rings. The zero-order valence-electron chi connectivity index (χ0n) is 9.84. The Bertz CT molecular complexity index is 490. The highest BCUT2D eigenvalue weighted by Crippen LogP contribution is 2.19. The molecule has 0 aliphatic carbocycles. The predicted molar refractivity (Wildman–Crippen MR) is 65.6 cm³/mol. The Hall–Kier alpha value is -2.17. The predicted octanol–water partition coefficient (Wildman–Crippen LogP) is 1.83. The minimum Gasteiger partial charge on any atom is -0.494 e. The molecule has 0 spiro atoms. The van der Waals surface area contributed by atoms with Crippen LogP contribution in [0.1, 0.15) is 12.7 Å². The van der Waals surface area contributed by atoms with Crippen LogP contribution < -0.4 is 10.5 Å². The standard InChI is InChI=1S/C12H14N4O/c1-3-17-10-6-4-9(5-7-10)11-14-8(2)15-12(13)16-11/h4-7H,3H2,1-2H3,(H2,13,14,15,16). The van der Waals surface area contributed by atoms with Crippen LogP contribution in [0.15, 0.2) is 24.3 Å². The fourth-order valence-corrected chi connectivity index (χ4v) is 1.50. The van der Waals surface area contributed by atoms with Crippen molar-refractivity contribution in [3.05, 3.63) is 30.1 Å². The van der Waals surface area contributed by atoms with E-state index in [1.54, 1.807) is 6.92 Å². The van der Waals surface area contributed by atoms with Crippen molar-refractivity contribution in [2.45, 2.75) is 13.8 Å². The second-order valence-corrected chi connectivity index (χ2v) is 3.52. The van der Waals surface area contributed by atoms with Crippen molar-refractivity contribution in [1.82, 2.24) is 15.0 Å². The quantitative estimate of drug-likeness (QED) is 0.870. The number of nitrogens with two attached hydrogens (primary N) is 1. The zero-order valence-corrected chi connectivity index (χ0v) is 9.84. The van der Waals surface area contributed by atoms with Crippen LogP contribution in [0.2, 0.25) is 0 Å². The van der Waals surface area contributed by atoms with E-state index >= 15 is 0 Å². The zero-order chi connectivity index (χ0) is 12.3. The van der Waals surface area contributed by atoms with Crippen LogP contribution in [0.5, 0.6) is 5.75 Å². The fourth-order valence-electron chi connectivity index (χ4n) is 1.50. The maximum Gasteiger partial charge on any atom is 0.223 e. The minimum atomic E-state index is 0.237. The molecule has 2 N–H and O–H groups in total. The van der Waals surface area contributed by atoms with Crippen molar-refractivity contribution in [1.29, 1.82) is 0 Å². The number of ether oxygens (including phenoxy) is 1. The van der Waals surface area contributed by atoms with E-state index in [1.807, 2.05) is 31.2 Å². The summed E-state index contributed by atoms with van der Waals surface area (Å²) in [6.45, 7) is 4.39. The number of hydrogen-bond donors (Lipinski definition) is 1. The second-order valence-electron chi connectivity index (χ2n) is 3.52. The molecule has 0 unspecified atom stereocenters. The second kappa shape index (κ2) is 4.78. The van der Waals surface area contributed by atoms with E-state index in [0.717, 1.165) is 11.3 Å². The molecule has 88 valence electrons. The molecule has 0 saturated carbocycles. The highest BCUT2D eigenvalue weighted by molar-refractivity contribution is 5.57. The van der Waals surface area contributed by atoms with E-state index in [2.05, 4.69) is 15.0 Å². The monoisotopic (exact) mass is 230 g/mol. The van der Waals surface area contributed by atoms with Gasteiger partial charge in [0.25, 0.3) is 0 Å². The molecule has 2 rings (SSSR count). The van der Waals surface area contributed by atoms with Gasteiger partial charge in [-0.15, -0.1) is 0 Å². The summed E-state index contributed by atoms with van der Waals surface area (Å²) in [6, 6.07) is 7.57. The van der Waals surface area contributed by atoms with Gasteiger partial charge in [0.15, 0.2) is 5.82 Å². The molecule has 0 radical (unpaired) electrons. The van der Waals surface area contributed by atoms with Gasteiger partial charge in [-0.25, -0.2) is 4.98 Å². The van der Waals surface area contributed by atoms with Gasteiger partial charge in [-0.2, -0.15) is 9.97 Å². The minimum absolute atomic E-state index is 0.237. The average Bonchev–Trinajstić information content (AvgIpc) is 2.29. The molecule has 0 amide bonds. The van der Waals surface area contributed by atoms with Gasteiger partial charge in [-0.1, -0.05) is 0 Å². The molecule has 0 saturated heterocycles. The summed E-state index contributed by atoms with van der Waals surface area (Å²) in [5.41, 5.74) is 6.48. The van der Waals surface area contributed by atoms with Gasteiger partial charge in [-0.3, -0.25) is 0 Å². The van der Waals surface area contributed by atoms with Crippen LogP contribution in [0.25, 0.3) is 11.4 Å². The average molecular weight is 230 g/mol. The Labute approximate surface area is 99.7 Å². The number of aromatic nitrogens is 3. The van der Waals surface area contributed by atoms with Crippen LogP contribution >= 0.6 is 0 Å². The summed E-state index contributed by atoms with van der Waals surface area (Å²) in [5.74, 6) is 2.26. The van der Waals surface area contributed by atoms with Crippen LogP contribution in [-0.4, -0.2) is 21.6 Å². The summed E-state index contributed by atoms with van der Waals surface area (Å²) in [7, 11) is 0. The third-order valence-corrected chi connectivity index (χ3v) is 2.19. The van der Waals surface area contributed by atoms with Crippen molar-refractivity contribution in [2.24, 2.45) is 0 Å². The van der Waals surface area contributed by atoms with Crippen LogP contribution in [0.4, 0.5) is 5.95 Å². The lowest BCUT2D eigenvalue weighted by molar-refractivity contribution is 0.340. The lowest BCUT2D eigenvalue weighted by Crippen LogP contribution is -2.01. The molecule has 5 heteroatoms. The normalized spacial score (nSPS) is 10.2. The Balaban J connectivity index is 2.32. The SMILES string of the molecule is CCOc1ccc(-c2nc(C)nc(N)n2)cc1. The fraction of sp³-hybridized carbons (Fsp3) is 0.250. The molecular formula is C12H14N4O. The first-order valence-electron chi connectivity index (χ1n) is 5.40. The lowest BCUT2D eigenvalue weighted by atomic mass is 10.2. The summed E-state index contributed by atoms with van der Waals surface area (Å²) in [5, 5.41) is 0. The Morgan fingerprint density at radius 1 is 1.12 bits per heavy atom. The summed E-state index contributed by atoms with van der Waals surface area (Å²) >= 11 is 0. The number of nitrogen functional groups attached to an aromatic ring is 1. The van der Waals surface area contributed by atoms with Crippen LogP contribution in [0.3, 0.4) is 0 Å². The summed E-state index contributed by atoms with van der Waals surface area (Å²) in [6.07, 6.45) is 0. The number of anilines is 1. The molecule has 0 atom stereocenters. The van der Waals surface area contributed by atoms with Gasteiger partial charge in [0.2, 0.25) is 5.95 Å². The van der Waals surface area contributed by atoms with E-state index < -0.39 is 0 Å². The Morgan fingerprint density at radius 2 is 1.82 bits per heavy atom. The number of nitrogens with zero attached hydrogens (tertiary/aromatic N) is 3. The largest absolute Gasteiger partial charge is 0.494 e. The highest BCUT2D eigenvalue weighted by atomic mass is 16.5. The molecule has 1 aromatic carbocycles. The van der Waals surface area contributed by atoms with Gasteiger partial charge in [0.05, 0.1) is 6.61 Å². The molecule has 2 aromatic rings. The first kappa shape index (κ1) is 11.3. The van der Waals surface area contributed by atoms with E-state index in [4.69, 9.17) is 10.5 Å². The molecule has 1 aromatic heterocycles. The maximum absolute atomic E-state index is 5.59. The smallest absolute Gasteiger partial charge is 0.223 e. The van der Waals surface area contributed by atoms with E-state index in [0.29, 0.717) is 18.3 Å². The van der Waals surface area contributed by atoms with Gasteiger partial charge < -0.3 is 10.5 Å². The number of aryl methyl sites for hydroxylation is 1. The Kier molecular flexibility index (Phi) is 3.18. The van der Waals surface area contributed by atoms with E-state index in [-0.39, 0.29) is 5.95 Å². The first-order valence-corrected chi connectivity index (χ1v) is 5.40. The van der Waals surface area contributed by atoms with E-state index in [1.165, 1.54) is 0 Å². The topological polar surface area (TPSA) is 73.9 Å². The van der Waals surface area contributed by atoms with Crippen LogP contribution in [-0.2, 0) is 0 Å². The molecule has 1 heterocycles. The van der Waals surface area contributed by atoms with Crippen molar-refractivity contribution >= 4 is 5.95 Å². The van der Waals surface area contributed by atoms with Gasteiger partial charge >= 0.3 is 0 Å². The van der Waals surface area contributed by atoms with Gasteiger partial charge in [0.1, 0.15) is 11.6 Å². The van der Waals surface area contributed by atoms with E-state index in [9.17, 15) is 0 Å². The highest BCUT2D eigenvalue weighted by Gasteiger charge is 2.04. The van der Waals surface area contributed by atoms with Gasteiger partial charge in [-0.05, 0) is 38.1 Å². The Morgan fingerprint density at radius 3 is 2.41 bits per heavy atom. The number of hydrogen-bond acceptors (Lipinski definition) is 5. The lowest BCUT2D eigenvalue weighted by Gasteiger charge is -2.05.